The maximum absolute atomic E-state index is 5.48. The lowest BCUT2D eigenvalue weighted by Crippen LogP contribution is -2.32. The van der Waals surface area contributed by atoms with Crippen molar-refractivity contribution in [2.45, 2.75) is 19.0 Å². The Morgan fingerprint density at radius 3 is 2.83 bits per heavy atom. The SMILES string of the molecule is COc1ccccc1N1CCC(NCc2cnc(N(C)C)n2C)C1. The van der Waals surface area contributed by atoms with Crippen molar-refractivity contribution in [1.29, 1.82) is 0 Å². The van der Waals surface area contributed by atoms with Crippen LogP contribution in [-0.2, 0) is 13.6 Å². The minimum atomic E-state index is 0.479. The van der Waals surface area contributed by atoms with E-state index < -0.39 is 0 Å². The highest BCUT2D eigenvalue weighted by Crippen LogP contribution is 2.30. The average molecular weight is 329 g/mol. The highest BCUT2D eigenvalue weighted by molar-refractivity contribution is 5.59. The van der Waals surface area contributed by atoms with Crippen molar-refractivity contribution in [3.05, 3.63) is 36.2 Å². The van der Waals surface area contributed by atoms with Gasteiger partial charge in [0, 0.05) is 46.8 Å². The summed E-state index contributed by atoms with van der Waals surface area (Å²) in [6.07, 6.45) is 3.09. The molecule has 2 heterocycles. The molecular weight excluding hydrogens is 302 g/mol. The first kappa shape index (κ1) is 16.6. The zero-order chi connectivity index (χ0) is 17.1. The molecule has 1 atom stereocenters. The van der Waals surface area contributed by atoms with Gasteiger partial charge in [0.15, 0.2) is 0 Å². The van der Waals surface area contributed by atoms with Crippen LogP contribution in [0.4, 0.5) is 11.6 Å². The molecule has 0 radical (unpaired) electrons. The van der Waals surface area contributed by atoms with E-state index in [2.05, 4.69) is 38.9 Å². The molecule has 1 aromatic heterocycles. The third kappa shape index (κ3) is 3.33. The minimum absolute atomic E-state index is 0.479. The summed E-state index contributed by atoms with van der Waals surface area (Å²) in [6, 6.07) is 8.71. The number of ether oxygens (including phenoxy) is 1. The largest absolute Gasteiger partial charge is 0.495 e. The Morgan fingerprint density at radius 1 is 1.33 bits per heavy atom. The Balaban J connectivity index is 1.59. The first-order chi connectivity index (χ1) is 11.6. The molecule has 24 heavy (non-hydrogen) atoms. The topological polar surface area (TPSA) is 45.6 Å². The summed E-state index contributed by atoms with van der Waals surface area (Å²) in [5.74, 6) is 1.93. The van der Waals surface area contributed by atoms with E-state index in [1.54, 1.807) is 7.11 Å². The molecule has 1 aliphatic heterocycles. The van der Waals surface area contributed by atoms with Gasteiger partial charge in [-0.15, -0.1) is 0 Å². The molecule has 1 fully saturated rings. The number of hydrogen-bond acceptors (Lipinski definition) is 5. The van der Waals surface area contributed by atoms with Crippen LogP contribution < -0.4 is 19.9 Å². The van der Waals surface area contributed by atoms with Crippen LogP contribution in [0.25, 0.3) is 0 Å². The molecular formula is C18H27N5O. The molecule has 0 bridgehead atoms. The van der Waals surface area contributed by atoms with Gasteiger partial charge in [-0.1, -0.05) is 12.1 Å². The van der Waals surface area contributed by atoms with Gasteiger partial charge in [-0.2, -0.15) is 0 Å². The molecule has 0 amide bonds. The molecule has 1 saturated heterocycles. The number of imidazole rings is 1. The number of nitrogens with one attached hydrogen (secondary N) is 1. The Bertz CT molecular complexity index is 682. The van der Waals surface area contributed by atoms with Gasteiger partial charge in [0.2, 0.25) is 5.95 Å². The number of hydrogen-bond donors (Lipinski definition) is 1. The fourth-order valence-corrected chi connectivity index (χ4v) is 3.30. The monoisotopic (exact) mass is 329 g/mol. The number of rotatable bonds is 6. The lowest BCUT2D eigenvalue weighted by Gasteiger charge is -2.21. The molecule has 6 nitrogen and oxygen atoms in total. The zero-order valence-electron chi connectivity index (χ0n) is 15.0. The fraction of sp³-hybridized carbons (Fsp3) is 0.500. The summed E-state index contributed by atoms with van der Waals surface area (Å²) in [5.41, 5.74) is 2.38. The van der Waals surface area contributed by atoms with Gasteiger partial charge in [0.05, 0.1) is 24.7 Å². The van der Waals surface area contributed by atoms with Crippen LogP contribution in [0.5, 0.6) is 5.75 Å². The van der Waals surface area contributed by atoms with E-state index in [0.717, 1.165) is 37.8 Å². The number of aromatic nitrogens is 2. The number of methoxy groups -OCH3 is 1. The van der Waals surface area contributed by atoms with E-state index in [4.69, 9.17) is 4.74 Å². The zero-order valence-corrected chi connectivity index (χ0v) is 15.0. The van der Waals surface area contributed by atoms with E-state index in [1.807, 2.05) is 37.3 Å². The molecule has 3 rings (SSSR count). The van der Waals surface area contributed by atoms with Crippen LogP contribution in [0, 0.1) is 0 Å². The number of nitrogens with zero attached hydrogens (tertiary/aromatic N) is 4. The van der Waals surface area contributed by atoms with Gasteiger partial charge in [0.25, 0.3) is 0 Å². The molecule has 1 unspecified atom stereocenters. The van der Waals surface area contributed by atoms with E-state index in [0.29, 0.717) is 6.04 Å². The summed E-state index contributed by atoms with van der Waals surface area (Å²) >= 11 is 0. The van der Waals surface area contributed by atoms with Crippen molar-refractivity contribution in [1.82, 2.24) is 14.9 Å². The van der Waals surface area contributed by atoms with E-state index >= 15 is 0 Å². The van der Waals surface area contributed by atoms with Crippen molar-refractivity contribution in [2.24, 2.45) is 7.05 Å². The molecule has 2 aromatic rings. The van der Waals surface area contributed by atoms with Crippen molar-refractivity contribution in [3.63, 3.8) is 0 Å². The van der Waals surface area contributed by atoms with E-state index in [1.165, 1.54) is 11.4 Å². The van der Waals surface area contributed by atoms with Crippen LogP contribution in [0.2, 0.25) is 0 Å². The summed E-state index contributed by atoms with van der Waals surface area (Å²) in [6.45, 7) is 2.88. The minimum Gasteiger partial charge on any atom is -0.495 e. The van der Waals surface area contributed by atoms with Crippen molar-refractivity contribution < 1.29 is 4.74 Å². The van der Waals surface area contributed by atoms with Crippen LogP contribution in [0.1, 0.15) is 12.1 Å². The average Bonchev–Trinajstić information content (AvgIpc) is 3.19. The van der Waals surface area contributed by atoms with E-state index in [9.17, 15) is 0 Å². The third-order valence-electron chi connectivity index (χ3n) is 4.65. The van der Waals surface area contributed by atoms with Gasteiger partial charge in [0.1, 0.15) is 5.75 Å². The Labute approximate surface area is 144 Å². The Morgan fingerprint density at radius 2 is 2.12 bits per heavy atom. The lowest BCUT2D eigenvalue weighted by atomic mass is 10.2. The Kier molecular flexibility index (Phi) is 4.94. The number of benzene rings is 1. The first-order valence-electron chi connectivity index (χ1n) is 8.39. The molecule has 0 aliphatic carbocycles. The molecule has 6 heteroatoms. The standard InChI is InChI=1S/C18H27N5O/c1-21(2)18-20-12-15(22(18)3)11-19-14-9-10-23(13-14)16-7-5-6-8-17(16)24-4/h5-8,12,14,19H,9-11,13H2,1-4H3. The highest BCUT2D eigenvalue weighted by atomic mass is 16.5. The normalized spacial score (nSPS) is 17.3. The van der Waals surface area contributed by atoms with Gasteiger partial charge < -0.3 is 24.4 Å². The van der Waals surface area contributed by atoms with E-state index in [-0.39, 0.29) is 0 Å². The smallest absolute Gasteiger partial charge is 0.204 e. The van der Waals surface area contributed by atoms with Crippen molar-refractivity contribution in [3.8, 4) is 5.75 Å². The number of anilines is 2. The fourth-order valence-electron chi connectivity index (χ4n) is 3.30. The predicted octanol–water partition coefficient (Wildman–Crippen LogP) is 1.86. The van der Waals surface area contributed by atoms with Gasteiger partial charge >= 0.3 is 0 Å². The van der Waals surface area contributed by atoms with Crippen molar-refractivity contribution >= 4 is 11.6 Å². The Hall–Kier alpha value is -2.21. The lowest BCUT2D eigenvalue weighted by molar-refractivity contribution is 0.414. The second kappa shape index (κ2) is 7.13. The van der Waals surface area contributed by atoms with Crippen LogP contribution >= 0.6 is 0 Å². The second-order valence-electron chi connectivity index (χ2n) is 6.49. The highest BCUT2D eigenvalue weighted by Gasteiger charge is 2.24. The molecule has 0 spiro atoms. The summed E-state index contributed by atoms with van der Waals surface area (Å²) in [4.78, 5) is 8.89. The summed E-state index contributed by atoms with van der Waals surface area (Å²) < 4.78 is 7.62. The third-order valence-corrected chi connectivity index (χ3v) is 4.65. The van der Waals surface area contributed by atoms with Crippen molar-refractivity contribution in [2.75, 3.05) is 44.1 Å². The number of para-hydroxylation sites is 2. The quantitative estimate of drug-likeness (QED) is 0.876. The van der Waals surface area contributed by atoms with Gasteiger partial charge in [-0.05, 0) is 18.6 Å². The van der Waals surface area contributed by atoms with Crippen LogP contribution in [-0.4, -0.2) is 49.9 Å². The summed E-state index contributed by atoms with van der Waals surface area (Å²) in [7, 11) is 7.83. The molecule has 1 N–H and O–H groups in total. The maximum atomic E-state index is 5.48. The van der Waals surface area contributed by atoms with Crippen LogP contribution in [0.3, 0.4) is 0 Å². The maximum Gasteiger partial charge on any atom is 0.204 e. The first-order valence-corrected chi connectivity index (χ1v) is 8.39. The van der Waals surface area contributed by atoms with Gasteiger partial charge in [-0.3, -0.25) is 0 Å². The van der Waals surface area contributed by atoms with Crippen LogP contribution in [0.15, 0.2) is 30.5 Å². The summed E-state index contributed by atoms with van der Waals surface area (Å²) in [5, 5.41) is 3.67. The predicted molar refractivity (Wildman–Crippen MR) is 98.0 cm³/mol. The molecule has 1 aromatic carbocycles. The molecule has 1 aliphatic rings. The van der Waals surface area contributed by atoms with Gasteiger partial charge in [-0.25, -0.2) is 4.98 Å². The molecule has 0 saturated carbocycles. The molecule has 130 valence electrons. The second-order valence-corrected chi connectivity index (χ2v) is 6.49.